The van der Waals surface area contributed by atoms with E-state index < -0.39 is 11.3 Å². The first kappa shape index (κ1) is 17.0. The molecule has 1 saturated heterocycles. The first-order valence-electron chi connectivity index (χ1n) is 6.81. The van der Waals surface area contributed by atoms with E-state index >= 15 is 0 Å². The molecule has 1 heterocycles. The van der Waals surface area contributed by atoms with Gasteiger partial charge in [-0.15, -0.1) is 0 Å². The third-order valence-electron chi connectivity index (χ3n) is 3.72. The second kappa shape index (κ2) is 7.13. The zero-order valence-electron chi connectivity index (χ0n) is 12.4. The highest BCUT2D eigenvalue weighted by molar-refractivity contribution is 5.87. The van der Waals surface area contributed by atoms with Gasteiger partial charge in [-0.05, 0) is 33.9 Å². The molecule has 0 aromatic heterocycles. The molecule has 1 N–H and O–H groups in total. The number of nitrogens with one attached hydrogen (secondary N) is 1. The number of ether oxygens (including phenoxy) is 1. The van der Waals surface area contributed by atoms with Gasteiger partial charge in [-0.3, -0.25) is 4.79 Å². The van der Waals surface area contributed by atoms with Gasteiger partial charge in [0.15, 0.2) is 0 Å². The van der Waals surface area contributed by atoms with Crippen molar-refractivity contribution >= 4 is 5.91 Å². The van der Waals surface area contributed by atoms with E-state index in [9.17, 15) is 13.6 Å². The molecule has 0 bridgehead atoms. The Labute approximate surface area is 119 Å². The summed E-state index contributed by atoms with van der Waals surface area (Å²) in [4.78, 5) is 13.6. The second-order valence-corrected chi connectivity index (χ2v) is 5.66. The van der Waals surface area contributed by atoms with Gasteiger partial charge in [-0.25, -0.2) is 8.78 Å². The van der Waals surface area contributed by atoms with E-state index in [2.05, 4.69) is 5.32 Å². The molecular weight excluding hydrogens is 266 g/mol. The number of hydrogen-bond acceptors (Lipinski definition) is 3. The summed E-state index contributed by atoms with van der Waals surface area (Å²) < 4.78 is 32.8. The van der Waals surface area contributed by atoms with Crippen molar-refractivity contribution in [1.29, 1.82) is 0 Å². The lowest BCUT2D eigenvalue weighted by molar-refractivity contribution is -0.150. The van der Waals surface area contributed by atoms with Crippen LogP contribution in [0, 0.1) is 5.41 Å². The number of nitrogens with zero attached hydrogens (tertiary/aromatic N) is 1. The van der Waals surface area contributed by atoms with Crippen LogP contribution in [0.15, 0.2) is 12.2 Å². The minimum atomic E-state index is -2.84. The van der Waals surface area contributed by atoms with Gasteiger partial charge in [0.05, 0.1) is 5.41 Å². The Hall–Kier alpha value is -1.01. The van der Waals surface area contributed by atoms with E-state index in [1.807, 2.05) is 19.0 Å². The number of rotatable bonds is 6. The van der Waals surface area contributed by atoms with Crippen LogP contribution in [-0.2, 0) is 9.53 Å². The van der Waals surface area contributed by atoms with Crippen LogP contribution in [0.5, 0.6) is 0 Å². The molecule has 0 aromatic rings. The number of alkyl halides is 2. The molecule has 4 nitrogen and oxygen atoms in total. The van der Waals surface area contributed by atoms with Crippen LogP contribution in [0.2, 0.25) is 0 Å². The monoisotopic (exact) mass is 290 g/mol. The molecule has 0 spiro atoms. The summed E-state index contributed by atoms with van der Waals surface area (Å²) >= 11 is 0. The average Bonchev–Trinajstić information content (AvgIpc) is 2.36. The molecule has 1 rings (SSSR count). The zero-order chi connectivity index (χ0) is 15.2. The van der Waals surface area contributed by atoms with Gasteiger partial charge in [0.1, 0.15) is 0 Å². The van der Waals surface area contributed by atoms with Crippen LogP contribution in [0.3, 0.4) is 0 Å². The minimum absolute atomic E-state index is 0.0228. The number of hydrogen-bond donors (Lipinski definition) is 1. The number of carbonyl (C=O) groups excluding carboxylic acids is 1. The molecule has 1 aliphatic rings. The van der Waals surface area contributed by atoms with Crippen molar-refractivity contribution in [3.8, 4) is 0 Å². The molecule has 0 aliphatic carbocycles. The summed E-state index contributed by atoms with van der Waals surface area (Å²) in [6.45, 7) is 2.17. The molecule has 0 atom stereocenters. The maximum Gasteiger partial charge on any atom is 0.252 e. The van der Waals surface area contributed by atoms with Gasteiger partial charge < -0.3 is 15.0 Å². The second-order valence-electron chi connectivity index (χ2n) is 5.66. The van der Waals surface area contributed by atoms with Crippen molar-refractivity contribution in [2.75, 3.05) is 40.4 Å². The highest BCUT2D eigenvalue weighted by Crippen LogP contribution is 2.44. The Balaban J connectivity index is 2.55. The quantitative estimate of drug-likeness (QED) is 0.757. The lowest BCUT2D eigenvalue weighted by Crippen LogP contribution is -2.51. The fraction of sp³-hybridized carbons (Fsp3) is 0.786. The first-order chi connectivity index (χ1) is 9.27. The Kier molecular flexibility index (Phi) is 6.07. The van der Waals surface area contributed by atoms with Gasteiger partial charge in [0.25, 0.3) is 5.92 Å². The molecular formula is C14H24F2N2O2. The SMILES string of the molecule is CN(C)C/C=C/C(=O)NCC1(C(C)(F)F)CCOCC1. The molecule has 20 heavy (non-hydrogen) atoms. The Morgan fingerprint density at radius 3 is 2.50 bits per heavy atom. The number of carbonyl (C=O) groups is 1. The molecule has 0 unspecified atom stereocenters. The lowest BCUT2D eigenvalue weighted by atomic mass is 9.75. The largest absolute Gasteiger partial charge is 0.381 e. The van der Waals surface area contributed by atoms with Crippen molar-refractivity contribution in [1.82, 2.24) is 10.2 Å². The van der Waals surface area contributed by atoms with E-state index in [0.717, 1.165) is 6.92 Å². The summed E-state index contributed by atoms with van der Waals surface area (Å²) in [5.74, 6) is -3.17. The van der Waals surface area contributed by atoms with Crippen molar-refractivity contribution in [3.63, 3.8) is 0 Å². The fourth-order valence-corrected chi connectivity index (χ4v) is 2.22. The maximum absolute atomic E-state index is 13.8. The van der Waals surface area contributed by atoms with Gasteiger partial charge in [0.2, 0.25) is 5.91 Å². The average molecular weight is 290 g/mol. The first-order valence-corrected chi connectivity index (χ1v) is 6.81. The van der Waals surface area contributed by atoms with E-state index in [4.69, 9.17) is 4.74 Å². The summed E-state index contributed by atoms with van der Waals surface area (Å²) in [7, 11) is 3.77. The summed E-state index contributed by atoms with van der Waals surface area (Å²) in [5.41, 5.74) is -1.20. The van der Waals surface area contributed by atoms with E-state index in [0.29, 0.717) is 19.8 Å². The number of likely N-dealkylation sites (N-methyl/N-ethyl adjacent to an activating group) is 1. The standard InChI is InChI=1S/C14H24F2N2O2/c1-13(15,16)14(6-9-20-10-7-14)11-17-12(19)5-4-8-18(2)3/h4-5H,6-11H2,1-3H3,(H,17,19)/b5-4+. The molecule has 116 valence electrons. The molecule has 0 aromatic carbocycles. The van der Waals surface area contributed by atoms with Gasteiger partial charge >= 0.3 is 0 Å². The number of halogens is 2. The summed E-state index contributed by atoms with van der Waals surface area (Å²) in [6.07, 6.45) is 3.62. The minimum Gasteiger partial charge on any atom is -0.381 e. The highest BCUT2D eigenvalue weighted by atomic mass is 19.3. The van der Waals surface area contributed by atoms with E-state index in [1.165, 1.54) is 6.08 Å². The third-order valence-corrected chi connectivity index (χ3v) is 3.72. The van der Waals surface area contributed by atoms with Gasteiger partial charge in [-0.1, -0.05) is 6.08 Å². The third kappa shape index (κ3) is 4.83. The smallest absolute Gasteiger partial charge is 0.252 e. The Bertz CT molecular complexity index is 346. The zero-order valence-corrected chi connectivity index (χ0v) is 12.4. The summed E-state index contributed by atoms with van der Waals surface area (Å²) in [6, 6.07) is 0. The maximum atomic E-state index is 13.8. The number of amides is 1. The predicted octanol–water partition coefficient (Wildman–Crippen LogP) is 1.67. The molecule has 1 amide bonds. The highest BCUT2D eigenvalue weighted by Gasteiger charge is 2.50. The molecule has 1 fully saturated rings. The van der Waals surface area contributed by atoms with E-state index in [1.54, 1.807) is 6.08 Å². The molecule has 0 radical (unpaired) electrons. The molecule has 0 saturated carbocycles. The van der Waals surface area contributed by atoms with Crippen LogP contribution in [0.1, 0.15) is 19.8 Å². The topological polar surface area (TPSA) is 41.6 Å². The predicted molar refractivity (Wildman–Crippen MR) is 73.8 cm³/mol. The van der Waals surface area contributed by atoms with Crippen LogP contribution >= 0.6 is 0 Å². The van der Waals surface area contributed by atoms with Gasteiger partial charge in [0, 0.05) is 32.4 Å². The van der Waals surface area contributed by atoms with Crippen LogP contribution in [-0.4, -0.2) is 57.1 Å². The molecule has 1 aliphatic heterocycles. The van der Waals surface area contributed by atoms with Crippen LogP contribution < -0.4 is 5.32 Å². The Morgan fingerprint density at radius 1 is 1.40 bits per heavy atom. The van der Waals surface area contributed by atoms with Crippen molar-refractivity contribution in [2.45, 2.75) is 25.7 Å². The fourth-order valence-electron chi connectivity index (χ4n) is 2.22. The summed E-state index contributed by atoms with van der Waals surface area (Å²) in [5, 5.41) is 2.59. The van der Waals surface area contributed by atoms with Crippen molar-refractivity contribution in [2.24, 2.45) is 5.41 Å². The van der Waals surface area contributed by atoms with E-state index in [-0.39, 0.29) is 25.3 Å². The molecule has 6 heteroatoms. The van der Waals surface area contributed by atoms with Crippen LogP contribution in [0.25, 0.3) is 0 Å². The van der Waals surface area contributed by atoms with Gasteiger partial charge in [-0.2, -0.15) is 0 Å². The normalized spacial score (nSPS) is 19.5. The van der Waals surface area contributed by atoms with Crippen molar-refractivity contribution in [3.05, 3.63) is 12.2 Å². The van der Waals surface area contributed by atoms with Crippen molar-refractivity contribution < 1.29 is 18.3 Å². The van der Waals surface area contributed by atoms with Crippen LogP contribution in [0.4, 0.5) is 8.78 Å². The Morgan fingerprint density at radius 2 is 2.00 bits per heavy atom. The lowest BCUT2D eigenvalue weighted by Gasteiger charge is -2.41.